The number of carbonyl (C=O) groups excluding carboxylic acids is 1. The quantitative estimate of drug-likeness (QED) is 0.836. The van der Waals surface area contributed by atoms with Gasteiger partial charge in [0.2, 0.25) is 5.91 Å². The van der Waals surface area contributed by atoms with Gasteiger partial charge in [0.15, 0.2) is 0 Å². The molecule has 1 amide bonds. The molecule has 2 rings (SSSR count). The molecule has 1 saturated heterocycles. The average molecular weight is 306 g/mol. The molecule has 1 aromatic rings. The van der Waals surface area contributed by atoms with Crippen LogP contribution in [-0.4, -0.2) is 41.2 Å². The van der Waals surface area contributed by atoms with Crippen molar-refractivity contribution in [2.24, 2.45) is 11.7 Å². The van der Waals surface area contributed by atoms with Crippen LogP contribution < -0.4 is 10.5 Å². The molecule has 5 heteroatoms. The third kappa shape index (κ3) is 4.45. The zero-order chi connectivity index (χ0) is 16.1. The van der Waals surface area contributed by atoms with Gasteiger partial charge in [-0.2, -0.15) is 0 Å². The number of rotatable bonds is 6. The lowest BCUT2D eigenvalue weighted by atomic mass is 9.90. The minimum atomic E-state index is -1.02. The van der Waals surface area contributed by atoms with E-state index in [4.69, 9.17) is 10.5 Å². The molecule has 0 bridgehead atoms. The van der Waals surface area contributed by atoms with Gasteiger partial charge in [0, 0.05) is 12.1 Å². The van der Waals surface area contributed by atoms with E-state index in [9.17, 15) is 9.90 Å². The largest absolute Gasteiger partial charge is 0.491 e. The number of hydrogen-bond acceptors (Lipinski definition) is 4. The number of aliphatic hydroxyl groups excluding tert-OH is 1. The van der Waals surface area contributed by atoms with Crippen molar-refractivity contribution in [3.8, 4) is 5.75 Å². The van der Waals surface area contributed by atoms with Crippen molar-refractivity contribution in [3.05, 3.63) is 29.8 Å². The van der Waals surface area contributed by atoms with Gasteiger partial charge in [-0.3, -0.25) is 9.69 Å². The molecule has 0 aliphatic carbocycles. The highest BCUT2D eigenvalue weighted by atomic mass is 16.5. The van der Waals surface area contributed by atoms with Gasteiger partial charge >= 0.3 is 0 Å². The second kappa shape index (κ2) is 7.61. The number of ether oxygens (including phenoxy) is 1. The Bertz CT molecular complexity index is 496. The van der Waals surface area contributed by atoms with Gasteiger partial charge in [-0.15, -0.1) is 0 Å². The number of aliphatic hydroxyl groups is 1. The molecular weight excluding hydrogens is 280 g/mol. The van der Waals surface area contributed by atoms with Gasteiger partial charge < -0.3 is 15.6 Å². The van der Waals surface area contributed by atoms with Crippen molar-refractivity contribution >= 4 is 5.91 Å². The fourth-order valence-corrected chi connectivity index (χ4v) is 2.90. The highest BCUT2D eigenvalue weighted by Gasteiger charge is 2.28. The van der Waals surface area contributed by atoms with Crippen LogP contribution in [0.3, 0.4) is 0 Å². The minimum Gasteiger partial charge on any atom is -0.491 e. The molecular formula is C17H26N2O3. The zero-order valence-electron chi connectivity index (χ0n) is 13.4. The second-order valence-electron chi connectivity index (χ2n) is 6.24. The normalized spacial score (nSPS) is 18.4. The van der Waals surface area contributed by atoms with Crippen molar-refractivity contribution in [1.29, 1.82) is 0 Å². The maximum absolute atomic E-state index is 11.1. The van der Waals surface area contributed by atoms with E-state index in [1.54, 1.807) is 0 Å². The van der Waals surface area contributed by atoms with Crippen molar-refractivity contribution < 1.29 is 14.6 Å². The number of nitrogens with zero attached hydrogens (tertiary/aromatic N) is 1. The third-order valence-electron chi connectivity index (χ3n) is 4.10. The first-order valence-corrected chi connectivity index (χ1v) is 7.91. The summed E-state index contributed by atoms with van der Waals surface area (Å²) in [4.78, 5) is 13.4. The van der Waals surface area contributed by atoms with Crippen molar-refractivity contribution in [2.75, 3.05) is 13.1 Å². The molecule has 1 heterocycles. The lowest BCUT2D eigenvalue weighted by Crippen LogP contribution is -2.42. The number of benzene rings is 1. The summed E-state index contributed by atoms with van der Waals surface area (Å²) in [5.41, 5.74) is 6.34. The summed E-state index contributed by atoms with van der Waals surface area (Å²) in [6, 6.07) is 8.09. The van der Waals surface area contributed by atoms with Crippen molar-refractivity contribution in [3.63, 3.8) is 0 Å². The van der Waals surface area contributed by atoms with Crippen LogP contribution >= 0.6 is 0 Å². The second-order valence-corrected chi connectivity index (χ2v) is 6.24. The van der Waals surface area contributed by atoms with E-state index in [0.29, 0.717) is 0 Å². The minimum absolute atomic E-state index is 0.0177. The lowest BCUT2D eigenvalue weighted by Gasteiger charge is -2.33. The number of para-hydroxylation sites is 1. The van der Waals surface area contributed by atoms with Gasteiger partial charge in [-0.25, -0.2) is 0 Å². The molecule has 1 aliphatic heterocycles. The predicted molar refractivity (Wildman–Crippen MR) is 85.4 cm³/mol. The van der Waals surface area contributed by atoms with Gasteiger partial charge in [0.1, 0.15) is 11.9 Å². The van der Waals surface area contributed by atoms with Crippen LogP contribution in [0.15, 0.2) is 24.3 Å². The Morgan fingerprint density at radius 1 is 1.36 bits per heavy atom. The van der Waals surface area contributed by atoms with Crippen LogP contribution in [0.5, 0.6) is 5.75 Å². The molecule has 122 valence electrons. The Morgan fingerprint density at radius 2 is 2.00 bits per heavy atom. The Balaban J connectivity index is 1.92. The highest BCUT2D eigenvalue weighted by Crippen LogP contribution is 2.25. The number of primary amides is 1. The summed E-state index contributed by atoms with van der Waals surface area (Å²) in [5.74, 6) is 0.293. The number of likely N-dealkylation sites (tertiary alicyclic amines) is 1. The van der Waals surface area contributed by atoms with Crippen molar-refractivity contribution in [2.45, 2.75) is 45.4 Å². The first-order chi connectivity index (χ1) is 10.5. The van der Waals surface area contributed by atoms with Gasteiger partial charge in [0.25, 0.3) is 0 Å². The van der Waals surface area contributed by atoms with Gasteiger partial charge in [-0.05, 0) is 51.8 Å². The highest BCUT2D eigenvalue weighted by molar-refractivity contribution is 5.78. The summed E-state index contributed by atoms with van der Waals surface area (Å²) in [6.45, 7) is 6.57. The molecule has 22 heavy (non-hydrogen) atoms. The molecule has 3 N–H and O–H groups in total. The molecule has 1 atom stereocenters. The van der Waals surface area contributed by atoms with E-state index in [0.717, 1.165) is 38.2 Å². The predicted octanol–water partition coefficient (Wildman–Crippen LogP) is 1.53. The maximum atomic E-state index is 11.1. The monoisotopic (exact) mass is 306 g/mol. The third-order valence-corrected chi connectivity index (χ3v) is 4.10. The Morgan fingerprint density at radius 3 is 2.59 bits per heavy atom. The van der Waals surface area contributed by atoms with Crippen LogP contribution in [-0.2, 0) is 11.3 Å². The Kier molecular flexibility index (Phi) is 5.80. The first kappa shape index (κ1) is 16.8. The zero-order valence-corrected chi connectivity index (χ0v) is 13.4. The molecule has 1 fully saturated rings. The lowest BCUT2D eigenvalue weighted by molar-refractivity contribution is -0.129. The van der Waals surface area contributed by atoms with Crippen LogP contribution in [0, 0.1) is 5.92 Å². The average Bonchev–Trinajstić information content (AvgIpc) is 2.48. The first-order valence-electron chi connectivity index (χ1n) is 7.91. The SMILES string of the molecule is CC(C)Oc1ccccc1CN1CCC([C@H](O)C(N)=O)CC1. The molecule has 0 unspecified atom stereocenters. The summed E-state index contributed by atoms with van der Waals surface area (Å²) in [7, 11) is 0. The van der Waals surface area contributed by atoms with Gasteiger partial charge in [0.05, 0.1) is 6.10 Å². The molecule has 0 aromatic heterocycles. The van der Waals surface area contributed by atoms with Crippen molar-refractivity contribution in [1.82, 2.24) is 4.90 Å². The summed E-state index contributed by atoms with van der Waals surface area (Å²) in [5, 5.41) is 9.76. The molecule has 0 saturated carbocycles. The molecule has 0 spiro atoms. The summed E-state index contributed by atoms with van der Waals surface area (Å²) in [6.07, 6.45) is 0.713. The number of carbonyl (C=O) groups is 1. The van der Waals surface area contributed by atoms with Crippen LogP contribution in [0.1, 0.15) is 32.3 Å². The fourth-order valence-electron chi connectivity index (χ4n) is 2.90. The van der Waals surface area contributed by atoms with E-state index in [2.05, 4.69) is 11.0 Å². The van der Waals surface area contributed by atoms with E-state index in [1.165, 1.54) is 5.56 Å². The van der Waals surface area contributed by atoms with E-state index < -0.39 is 12.0 Å². The molecule has 1 aliphatic rings. The number of hydrogen-bond donors (Lipinski definition) is 2. The number of nitrogens with two attached hydrogens (primary N) is 1. The van der Waals surface area contributed by atoms with Crippen LogP contribution in [0.2, 0.25) is 0 Å². The van der Waals surface area contributed by atoms with Gasteiger partial charge in [-0.1, -0.05) is 18.2 Å². The molecule has 5 nitrogen and oxygen atoms in total. The summed E-state index contributed by atoms with van der Waals surface area (Å²) >= 11 is 0. The topological polar surface area (TPSA) is 75.8 Å². The molecule has 0 radical (unpaired) electrons. The smallest absolute Gasteiger partial charge is 0.246 e. The van der Waals surface area contributed by atoms with E-state index in [-0.39, 0.29) is 12.0 Å². The van der Waals surface area contributed by atoms with Crippen LogP contribution in [0.25, 0.3) is 0 Å². The number of amides is 1. The number of piperidine rings is 1. The molecule has 1 aromatic carbocycles. The van der Waals surface area contributed by atoms with Crippen LogP contribution in [0.4, 0.5) is 0 Å². The standard InChI is InChI=1S/C17H26N2O3/c1-12(2)22-15-6-4-3-5-14(15)11-19-9-7-13(8-10-19)16(20)17(18)21/h3-6,12-13,16,20H,7-11H2,1-2H3,(H2,18,21)/t16-/m0/s1. The maximum Gasteiger partial charge on any atom is 0.246 e. The van der Waals surface area contributed by atoms with E-state index in [1.807, 2.05) is 32.0 Å². The fraction of sp³-hybridized carbons (Fsp3) is 0.588. The summed E-state index contributed by atoms with van der Waals surface area (Å²) < 4.78 is 5.85. The Hall–Kier alpha value is -1.59. The Labute approximate surface area is 132 Å². The van der Waals surface area contributed by atoms with E-state index >= 15 is 0 Å².